The molecular formula is C20H25Cl2NO4S. The molecule has 0 aliphatic carbocycles. The molecule has 5 nitrogen and oxygen atoms in total. The molecule has 8 heteroatoms. The van der Waals surface area contributed by atoms with Gasteiger partial charge in [0, 0.05) is 16.8 Å². The number of esters is 1. The zero-order valence-electron chi connectivity index (χ0n) is 16.3. The largest absolute Gasteiger partial charge is 0.460 e. The first kappa shape index (κ1) is 24.4. The van der Waals surface area contributed by atoms with Gasteiger partial charge in [-0.05, 0) is 45.0 Å². The topological polar surface area (TPSA) is 64.6 Å². The lowest BCUT2D eigenvalue weighted by Gasteiger charge is -2.22. The summed E-state index contributed by atoms with van der Waals surface area (Å²) in [7, 11) is 0. The van der Waals surface area contributed by atoms with Crippen LogP contribution < -0.4 is 5.32 Å². The van der Waals surface area contributed by atoms with Crippen molar-refractivity contribution in [2.24, 2.45) is 0 Å². The first-order valence-corrected chi connectivity index (χ1v) is 10.2. The number of morpholine rings is 1. The van der Waals surface area contributed by atoms with E-state index in [4.69, 9.17) is 32.7 Å². The second-order valence-corrected chi connectivity index (χ2v) is 8.96. The third-order valence-corrected chi connectivity index (χ3v) is 4.57. The van der Waals surface area contributed by atoms with E-state index in [1.807, 2.05) is 63.2 Å². The molecule has 154 valence electrons. The van der Waals surface area contributed by atoms with E-state index in [-0.39, 0.29) is 30.1 Å². The molecule has 1 amide bonds. The maximum atomic E-state index is 11.0. The number of hydrogen-bond acceptors (Lipinski definition) is 5. The van der Waals surface area contributed by atoms with Crippen molar-refractivity contribution in [3.05, 3.63) is 56.7 Å². The SMILES string of the molecule is CC(=O)OC(C)(C)C.Clc1ccccc1.O=C1COC[C@@H](c2ccc(Cl)s2)N1. The second-order valence-electron chi connectivity index (χ2n) is 6.78. The lowest BCUT2D eigenvalue weighted by atomic mass is 10.2. The summed E-state index contributed by atoms with van der Waals surface area (Å²) in [6.45, 7) is 7.63. The molecule has 28 heavy (non-hydrogen) atoms. The van der Waals surface area contributed by atoms with Crippen molar-refractivity contribution in [2.45, 2.75) is 39.3 Å². The molecule has 1 aliphatic heterocycles. The summed E-state index contributed by atoms with van der Waals surface area (Å²) in [6, 6.07) is 13.1. The fraction of sp³-hybridized carbons (Fsp3) is 0.400. The number of nitrogens with one attached hydrogen (secondary N) is 1. The molecule has 1 aromatic carbocycles. The van der Waals surface area contributed by atoms with Gasteiger partial charge in [0.15, 0.2) is 0 Å². The fourth-order valence-corrected chi connectivity index (χ4v) is 3.30. The van der Waals surface area contributed by atoms with Crippen molar-refractivity contribution >= 4 is 46.4 Å². The van der Waals surface area contributed by atoms with Gasteiger partial charge in [0.2, 0.25) is 5.91 Å². The number of thiophene rings is 1. The molecule has 1 aromatic heterocycles. The van der Waals surface area contributed by atoms with Gasteiger partial charge >= 0.3 is 5.97 Å². The van der Waals surface area contributed by atoms with Gasteiger partial charge in [0.05, 0.1) is 17.0 Å². The molecule has 3 rings (SSSR count). The van der Waals surface area contributed by atoms with Crippen LogP contribution in [0.15, 0.2) is 42.5 Å². The summed E-state index contributed by atoms with van der Waals surface area (Å²) in [5, 5.41) is 3.63. The highest BCUT2D eigenvalue weighted by Gasteiger charge is 2.21. The highest BCUT2D eigenvalue weighted by atomic mass is 35.5. The smallest absolute Gasteiger partial charge is 0.303 e. The zero-order chi connectivity index (χ0) is 21.2. The van der Waals surface area contributed by atoms with E-state index in [2.05, 4.69) is 5.32 Å². The van der Waals surface area contributed by atoms with Crippen LogP contribution in [-0.4, -0.2) is 30.7 Å². The van der Waals surface area contributed by atoms with Crippen LogP contribution >= 0.6 is 34.5 Å². The van der Waals surface area contributed by atoms with Gasteiger partial charge in [-0.1, -0.05) is 41.4 Å². The summed E-state index contributed by atoms with van der Waals surface area (Å²) in [5.74, 6) is -0.293. The lowest BCUT2D eigenvalue weighted by Crippen LogP contribution is -2.39. The van der Waals surface area contributed by atoms with Gasteiger partial charge < -0.3 is 14.8 Å². The van der Waals surface area contributed by atoms with Crippen molar-refractivity contribution in [2.75, 3.05) is 13.2 Å². The van der Waals surface area contributed by atoms with E-state index in [0.717, 1.165) is 14.2 Å². The second kappa shape index (κ2) is 12.1. The molecule has 1 saturated heterocycles. The van der Waals surface area contributed by atoms with Crippen LogP contribution in [-0.2, 0) is 19.1 Å². The van der Waals surface area contributed by atoms with E-state index >= 15 is 0 Å². The Hall–Kier alpha value is -1.60. The summed E-state index contributed by atoms with van der Waals surface area (Å²) < 4.78 is 10.6. The Kier molecular flexibility index (Phi) is 10.5. The van der Waals surface area contributed by atoms with Crippen LogP contribution in [0.25, 0.3) is 0 Å². The Balaban J connectivity index is 0.000000226. The minimum atomic E-state index is -0.328. The van der Waals surface area contributed by atoms with Crippen molar-refractivity contribution in [1.82, 2.24) is 5.32 Å². The molecule has 0 saturated carbocycles. The van der Waals surface area contributed by atoms with Gasteiger partial charge in [-0.3, -0.25) is 9.59 Å². The Bertz CT molecular complexity index is 744. The summed E-state index contributed by atoms with van der Waals surface area (Å²) in [5.41, 5.74) is -0.328. The molecule has 1 N–H and O–H groups in total. The molecule has 0 bridgehead atoms. The Morgan fingerprint density at radius 2 is 1.82 bits per heavy atom. The van der Waals surface area contributed by atoms with Crippen LogP contribution in [0.2, 0.25) is 9.36 Å². The number of benzene rings is 1. The quantitative estimate of drug-likeness (QED) is 0.606. The third kappa shape index (κ3) is 11.3. The van der Waals surface area contributed by atoms with Gasteiger partial charge in [0.1, 0.15) is 12.2 Å². The predicted molar refractivity (Wildman–Crippen MR) is 114 cm³/mol. The number of ether oxygens (including phenoxy) is 2. The molecule has 0 unspecified atom stereocenters. The molecule has 1 fully saturated rings. The van der Waals surface area contributed by atoms with E-state index in [9.17, 15) is 9.59 Å². The van der Waals surface area contributed by atoms with E-state index < -0.39 is 0 Å². The van der Waals surface area contributed by atoms with Crippen LogP contribution in [0.4, 0.5) is 0 Å². The Morgan fingerprint density at radius 1 is 1.18 bits per heavy atom. The molecule has 1 aliphatic rings. The van der Waals surface area contributed by atoms with Gasteiger partial charge in [0.25, 0.3) is 0 Å². The molecule has 2 aromatic rings. The molecule has 2 heterocycles. The van der Waals surface area contributed by atoms with Crippen LogP contribution in [0.5, 0.6) is 0 Å². The van der Waals surface area contributed by atoms with E-state index in [1.54, 1.807) is 0 Å². The van der Waals surface area contributed by atoms with Crippen molar-refractivity contribution in [1.29, 1.82) is 0 Å². The number of rotatable bonds is 1. The highest BCUT2D eigenvalue weighted by molar-refractivity contribution is 7.16. The van der Waals surface area contributed by atoms with Gasteiger partial charge in [-0.2, -0.15) is 0 Å². The monoisotopic (exact) mass is 445 g/mol. The normalized spacial score (nSPS) is 15.9. The summed E-state index contributed by atoms with van der Waals surface area (Å²) in [4.78, 5) is 22.3. The minimum Gasteiger partial charge on any atom is -0.460 e. The molecule has 1 atom stereocenters. The Labute approximate surface area is 179 Å². The third-order valence-electron chi connectivity index (χ3n) is 2.97. The summed E-state index contributed by atoms with van der Waals surface area (Å²) >= 11 is 12.8. The fourth-order valence-electron chi connectivity index (χ4n) is 2.06. The maximum Gasteiger partial charge on any atom is 0.303 e. The highest BCUT2D eigenvalue weighted by Crippen LogP contribution is 2.27. The molecule has 0 spiro atoms. The Morgan fingerprint density at radius 3 is 2.18 bits per heavy atom. The van der Waals surface area contributed by atoms with E-state index in [1.165, 1.54) is 18.3 Å². The number of hydrogen-bond donors (Lipinski definition) is 1. The number of halogens is 2. The zero-order valence-corrected chi connectivity index (χ0v) is 18.7. The van der Waals surface area contributed by atoms with Crippen LogP contribution in [0.1, 0.15) is 38.6 Å². The maximum absolute atomic E-state index is 11.0. The lowest BCUT2D eigenvalue weighted by molar-refractivity contribution is -0.151. The summed E-state index contributed by atoms with van der Waals surface area (Å²) in [6.07, 6.45) is 0. The van der Waals surface area contributed by atoms with E-state index in [0.29, 0.717) is 6.61 Å². The molecule has 0 radical (unpaired) electrons. The van der Waals surface area contributed by atoms with Crippen molar-refractivity contribution in [3.63, 3.8) is 0 Å². The van der Waals surface area contributed by atoms with Crippen molar-refractivity contribution < 1.29 is 19.1 Å². The van der Waals surface area contributed by atoms with Crippen LogP contribution in [0.3, 0.4) is 0 Å². The first-order valence-electron chi connectivity index (χ1n) is 8.59. The van der Waals surface area contributed by atoms with Gasteiger partial charge in [-0.15, -0.1) is 11.3 Å². The number of carbonyl (C=O) groups excluding carboxylic acids is 2. The molecular weight excluding hydrogens is 421 g/mol. The number of carbonyl (C=O) groups is 2. The predicted octanol–water partition coefficient (Wildman–Crippen LogP) is 5.28. The van der Waals surface area contributed by atoms with Crippen LogP contribution in [0, 0.1) is 0 Å². The van der Waals surface area contributed by atoms with Gasteiger partial charge in [-0.25, -0.2) is 0 Å². The minimum absolute atomic E-state index is 0.0289. The standard InChI is InChI=1S/C8H8ClNO2S.C6H5Cl.C6H12O2/c9-7-2-1-6(13-7)5-3-12-4-8(11)10-5;7-6-4-2-1-3-5-6;1-5(7)8-6(2,3)4/h1-2,5H,3-4H2,(H,10,11);1-5H;1-4H3/t5-;;/m0../s1. The number of amides is 1. The average Bonchev–Trinajstić information content (AvgIpc) is 3.01. The first-order chi connectivity index (χ1) is 13.1. The average molecular weight is 446 g/mol. The van der Waals surface area contributed by atoms with Crippen molar-refractivity contribution in [3.8, 4) is 0 Å².